The predicted molar refractivity (Wildman–Crippen MR) is 214 cm³/mol. The number of halogens is 3. The Morgan fingerprint density at radius 2 is 1.54 bits per heavy atom. The number of nitrogens with zero attached hydrogens (tertiary/aromatic N) is 2. The number of piperazine rings is 1. The van der Waals surface area contributed by atoms with Crippen LogP contribution in [0.25, 0.3) is 5.57 Å². The first kappa shape index (κ1) is 40.0. The molecule has 12 heteroatoms. The van der Waals surface area contributed by atoms with Gasteiger partial charge in [0.25, 0.3) is 5.91 Å². The summed E-state index contributed by atoms with van der Waals surface area (Å²) in [5.74, 6) is 2.26. The van der Waals surface area contributed by atoms with E-state index in [2.05, 4.69) is 62.5 Å². The number of rotatable bonds is 13. The number of amides is 2. The van der Waals surface area contributed by atoms with Crippen LogP contribution < -0.4 is 19.5 Å². The molecule has 1 aliphatic carbocycles. The number of nitrogens with one attached hydrogen (secondary N) is 1. The van der Waals surface area contributed by atoms with Crippen LogP contribution in [-0.4, -0.2) is 89.3 Å². The predicted octanol–water partition coefficient (Wildman–Crippen LogP) is 8.40. The third-order valence-corrected chi connectivity index (χ3v) is 12.1. The van der Waals surface area contributed by atoms with E-state index >= 15 is 0 Å². The van der Waals surface area contributed by atoms with Crippen molar-refractivity contribution in [3.05, 3.63) is 94.1 Å². The summed E-state index contributed by atoms with van der Waals surface area (Å²) in [6.45, 7) is 11.5. The van der Waals surface area contributed by atoms with Gasteiger partial charge < -0.3 is 29.2 Å². The van der Waals surface area contributed by atoms with Crippen LogP contribution in [0.2, 0.25) is 0 Å². The molecule has 1 saturated carbocycles. The van der Waals surface area contributed by atoms with Gasteiger partial charge in [-0.3, -0.25) is 9.69 Å². The molecular formula is C42H50Cl3N3O6. The van der Waals surface area contributed by atoms with Crippen LogP contribution in [0, 0.1) is 20.8 Å². The average Bonchev–Trinajstić information content (AvgIpc) is 3.98. The number of alkyl halides is 3. The Balaban J connectivity index is 1.28. The first-order chi connectivity index (χ1) is 25.7. The molecule has 54 heavy (non-hydrogen) atoms. The van der Waals surface area contributed by atoms with Gasteiger partial charge in [0.1, 0.15) is 23.9 Å². The monoisotopic (exact) mass is 797 g/mol. The molecule has 2 atom stereocenters. The third-order valence-electron chi connectivity index (χ3n) is 10.7. The van der Waals surface area contributed by atoms with Crippen molar-refractivity contribution in [2.45, 2.75) is 87.8 Å². The third kappa shape index (κ3) is 8.91. The van der Waals surface area contributed by atoms with E-state index in [0.29, 0.717) is 50.6 Å². The zero-order valence-corrected chi connectivity index (χ0v) is 34.1. The molecule has 2 fully saturated rings. The molecule has 3 aromatic carbocycles. The molecule has 2 bridgehead atoms. The summed E-state index contributed by atoms with van der Waals surface area (Å²) in [7, 11) is 1.62. The van der Waals surface area contributed by atoms with Gasteiger partial charge in [0.05, 0.1) is 32.3 Å². The van der Waals surface area contributed by atoms with Gasteiger partial charge in [0.2, 0.25) is 3.79 Å². The smallest absolute Gasteiger partial charge is 0.411 e. The Morgan fingerprint density at radius 1 is 0.870 bits per heavy atom. The van der Waals surface area contributed by atoms with Crippen LogP contribution in [-0.2, 0) is 16.0 Å². The minimum Gasteiger partial charge on any atom is -0.497 e. The maximum Gasteiger partial charge on any atom is 0.411 e. The van der Waals surface area contributed by atoms with Crippen molar-refractivity contribution < 1.29 is 28.5 Å². The van der Waals surface area contributed by atoms with Gasteiger partial charge in [-0.2, -0.15) is 0 Å². The number of methoxy groups -OCH3 is 1. The highest BCUT2D eigenvalue weighted by molar-refractivity contribution is 6.68. The molecule has 0 spiro atoms. The van der Waals surface area contributed by atoms with E-state index in [1.165, 1.54) is 5.56 Å². The van der Waals surface area contributed by atoms with E-state index < -0.39 is 21.5 Å². The highest BCUT2D eigenvalue weighted by atomic mass is 35.6. The zero-order chi connectivity index (χ0) is 38.8. The van der Waals surface area contributed by atoms with Crippen LogP contribution >= 0.6 is 34.8 Å². The van der Waals surface area contributed by atoms with Crippen LogP contribution in [0.15, 0.2) is 66.2 Å². The minimum atomic E-state index is -1.86. The van der Waals surface area contributed by atoms with Crippen LogP contribution in [0.1, 0.15) is 60.9 Å². The Bertz CT molecular complexity index is 1850. The fourth-order valence-electron chi connectivity index (χ4n) is 7.16. The fraction of sp³-hybridized carbons (Fsp3) is 0.476. The minimum absolute atomic E-state index is 0.0896. The molecule has 6 rings (SSSR count). The Hall–Kier alpha value is -3.63. The van der Waals surface area contributed by atoms with Crippen molar-refractivity contribution in [3.63, 3.8) is 0 Å². The van der Waals surface area contributed by atoms with E-state index in [0.717, 1.165) is 58.6 Å². The Labute approximate surface area is 333 Å². The van der Waals surface area contributed by atoms with E-state index in [9.17, 15) is 9.59 Å². The van der Waals surface area contributed by atoms with Crippen LogP contribution in [0.5, 0.6) is 17.2 Å². The summed E-state index contributed by atoms with van der Waals surface area (Å²) in [6.07, 6.45) is 2.37. The first-order valence-electron chi connectivity index (χ1n) is 18.6. The van der Waals surface area contributed by atoms with E-state index in [1.54, 1.807) is 25.9 Å². The largest absolute Gasteiger partial charge is 0.497 e. The number of hydrogen-bond donors (Lipinski definition) is 1. The summed E-state index contributed by atoms with van der Waals surface area (Å²) < 4.78 is 21.6. The van der Waals surface area contributed by atoms with Gasteiger partial charge in [0.15, 0.2) is 5.60 Å². The maximum absolute atomic E-state index is 14.9. The molecule has 0 radical (unpaired) electrons. The molecule has 3 aromatic rings. The second kappa shape index (κ2) is 16.6. The Morgan fingerprint density at radius 3 is 2.19 bits per heavy atom. The standard InChI is InChI=1S/C42H50Cl3N3O6/c1-26-7-8-27(2)38(28(26)3)53-21-19-29-9-11-30(12-10-29)35-23-32-24-46-25-36(48(32)40(50)54-41(4,5)42(43,44)45)37(35)39(49)47(31-13-14-31)20-22-52-34-17-15-33(51-6)16-18-34/h7-12,15-18,31-32,36,46H,13-14,19-25H2,1-6H3. The van der Waals surface area contributed by atoms with Gasteiger partial charge in [0, 0.05) is 31.1 Å². The highest BCUT2D eigenvalue weighted by Gasteiger charge is 2.50. The van der Waals surface area contributed by atoms with Crippen LogP contribution in [0.3, 0.4) is 0 Å². The Kier molecular flexibility index (Phi) is 12.3. The average molecular weight is 799 g/mol. The number of fused-ring (bicyclic) bond motifs is 2. The van der Waals surface area contributed by atoms with Gasteiger partial charge in [-0.1, -0.05) is 71.2 Å². The van der Waals surface area contributed by atoms with Crippen molar-refractivity contribution in [1.29, 1.82) is 0 Å². The van der Waals surface area contributed by atoms with E-state index in [1.807, 2.05) is 29.2 Å². The number of ether oxygens (including phenoxy) is 4. The molecule has 2 aliphatic heterocycles. The molecule has 1 N–H and O–H groups in total. The SMILES string of the molecule is COc1ccc(OCCN(C(=O)C2=C(c3ccc(CCOc4c(C)ccc(C)c4C)cc3)CC3CNCC2N3C(=O)OC(C)(C)C(Cl)(Cl)Cl)C2CC2)cc1. The molecule has 1 saturated heterocycles. The van der Waals surface area contributed by atoms with Crippen molar-refractivity contribution >= 4 is 52.4 Å². The van der Waals surface area contributed by atoms with Gasteiger partial charge >= 0.3 is 6.09 Å². The molecule has 9 nitrogen and oxygen atoms in total. The topological polar surface area (TPSA) is 89.6 Å². The van der Waals surface area contributed by atoms with Crippen molar-refractivity contribution in [3.8, 4) is 17.2 Å². The molecule has 0 aromatic heterocycles. The second-order valence-electron chi connectivity index (χ2n) is 14.9. The summed E-state index contributed by atoms with van der Waals surface area (Å²) >= 11 is 18.7. The fourth-order valence-corrected chi connectivity index (χ4v) is 7.28. The maximum atomic E-state index is 14.9. The van der Waals surface area contributed by atoms with Crippen molar-refractivity contribution in [1.82, 2.24) is 15.1 Å². The quantitative estimate of drug-likeness (QED) is 0.174. The lowest BCUT2D eigenvalue weighted by atomic mass is 9.81. The van der Waals surface area contributed by atoms with Gasteiger partial charge in [-0.25, -0.2) is 4.79 Å². The molecule has 2 heterocycles. The van der Waals surface area contributed by atoms with Crippen LogP contribution in [0.4, 0.5) is 4.79 Å². The molecule has 2 amide bonds. The normalized spacial score (nSPS) is 18.6. The number of benzene rings is 3. The first-order valence-corrected chi connectivity index (χ1v) is 19.7. The molecule has 2 unspecified atom stereocenters. The number of aryl methyl sites for hydroxylation is 2. The summed E-state index contributed by atoms with van der Waals surface area (Å²) in [4.78, 5) is 32.5. The lowest BCUT2D eigenvalue weighted by molar-refractivity contribution is -0.129. The second-order valence-corrected chi connectivity index (χ2v) is 17.2. The lowest BCUT2D eigenvalue weighted by Crippen LogP contribution is -2.64. The molecule has 3 aliphatic rings. The number of carbonyl (C=O) groups excluding carboxylic acids is 2. The molecular weight excluding hydrogens is 749 g/mol. The lowest BCUT2D eigenvalue weighted by Gasteiger charge is -2.48. The summed E-state index contributed by atoms with van der Waals surface area (Å²) in [5, 5.41) is 3.46. The highest BCUT2D eigenvalue weighted by Crippen LogP contribution is 2.43. The summed E-state index contributed by atoms with van der Waals surface area (Å²) in [6, 6.07) is 19.2. The number of carbonyl (C=O) groups is 2. The number of hydrogen-bond acceptors (Lipinski definition) is 7. The van der Waals surface area contributed by atoms with Crippen molar-refractivity contribution in [2.24, 2.45) is 0 Å². The molecule has 290 valence electrons. The van der Waals surface area contributed by atoms with Gasteiger partial charge in [-0.05, 0) is 112 Å². The zero-order valence-electron chi connectivity index (χ0n) is 31.8. The summed E-state index contributed by atoms with van der Waals surface area (Å²) in [5.41, 5.74) is 5.64. The van der Waals surface area contributed by atoms with E-state index in [-0.39, 0.29) is 18.0 Å². The van der Waals surface area contributed by atoms with E-state index in [4.69, 9.17) is 53.8 Å². The van der Waals surface area contributed by atoms with Crippen molar-refractivity contribution in [2.75, 3.05) is 40.0 Å². The van der Waals surface area contributed by atoms with Gasteiger partial charge in [-0.15, -0.1) is 0 Å².